The highest BCUT2D eigenvalue weighted by Gasteiger charge is 2.41. The third-order valence-electron chi connectivity index (χ3n) is 4.35. The molecule has 1 amide bonds. The van der Waals surface area contributed by atoms with Gasteiger partial charge in [-0.1, -0.05) is 18.2 Å². The maximum absolute atomic E-state index is 12.3. The molecule has 0 radical (unpaired) electrons. The van der Waals surface area contributed by atoms with Crippen molar-refractivity contribution in [1.29, 1.82) is 0 Å². The molecule has 0 aliphatic heterocycles. The zero-order valence-electron chi connectivity index (χ0n) is 13.2. The molecule has 1 saturated carbocycles. The average molecular weight is 335 g/mol. The molecule has 23 heavy (non-hydrogen) atoms. The van der Waals surface area contributed by atoms with E-state index in [1.165, 1.54) is 0 Å². The molecular weight excluding hydrogens is 312 g/mol. The Labute approximate surface area is 142 Å². The smallest absolute Gasteiger partial charge is 0.225 e. The molecule has 6 heteroatoms. The predicted octanol–water partition coefficient (Wildman–Crippen LogP) is 2.08. The number of amides is 1. The summed E-state index contributed by atoms with van der Waals surface area (Å²) in [7, 11) is 0. The highest BCUT2D eigenvalue weighted by atomic mass is 35.5. The number of para-hydroxylation sites is 1. The molecule has 0 saturated heterocycles. The van der Waals surface area contributed by atoms with E-state index in [1.807, 2.05) is 43.5 Å². The van der Waals surface area contributed by atoms with Gasteiger partial charge in [-0.3, -0.25) is 4.79 Å². The first-order valence-electron chi connectivity index (χ1n) is 7.71. The number of carbonyl (C=O) groups excluding carboxylic acids is 1. The molecule has 1 aliphatic carbocycles. The summed E-state index contributed by atoms with van der Waals surface area (Å²) in [5, 5.41) is 7.42. The molecule has 1 fully saturated rings. The summed E-state index contributed by atoms with van der Waals surface area (Å²) in [5.74, 6) is 0.529. The van der Waals surface area contributed by atoms with E-state index in [4.69, 9.17) is 5.73 Å². The Morgan fingerprint density at radius 1 is 1.39 bits per heavy atom. The lowest BCUT2D eigenvalue weighted by Crippen LogP contribution is -2.53. The Balaban J connectivity index is 0.00000192. The van der Waals surface area contributed by atoms with Crippen molar-refractivity contribution in [3.63, 3.8) is 0 Å². The average Bonchev–Trinajstić information content (AvgIpc) is 3.29. The second-order valence-corrected chi connectivity index (χ2v) is 6.25. The first-order valence-corrected chi connectivity index (χ1v) is 7.71. The fourth-order valence-corrected chi connectivity index (χ4v) is 2.76. The normalized spacial score (nSPS) is 16.3. The Hall–Kier alpha value is -1.85. The van der Waals surface area contributed by atoms with Crippen molar-refractivity contribution in [2.75, 3.05) is 6.54 Å². The van der Waals surface area contributed by atoms with Gasteiger partial charge < -0.3 is 11.1 Å². The minimum atomic E-state index is -0.271. The number of benzene rings is 1. The number of nitrogens with two attached hydrogens (primary N) is 1. The van der Waals surface area contributed by atoms with E-state index < -0.39 is 0 Å². The van der Waals surface area contributed by atoms with Gasteiger partial charge in [0.15, 0.2) is 0 Å². The number of hydrogen-bond donors (Lipinski definition) is 2. The molecule has 1 unspecified atom stereocenters. The first-order chi connectivity index (χ1) is 10.6. The summed E-state index contributed by atoms with van der Waals surface area (Å²) in [5.41, 5.74) is 7.45. The van der Waals surface area contributed by atoms with Crippen LogP contribution in [-0.4, -0.2) is 27.8 Å². The van der Waals surface area contributed by atoms with Crippen molar-refractivity contribution < 1.29 is 4.79 Å². The minimum absolute atomic E-state index is 0. The van der Waals surface area contributed by atoms with Gasteiger partial charge in [0.2, 0.25) is 5.91 Å². The van der Waals surface area contributed by atoms with Crippen LogP contribution < -0.4 is 11.1 Å². The quantitative estimate of drug-likeness (QED) is 0.849. The maximum atomic E-state index is 12.3. The standard InChI is InChI=1S/C17H22N4O.ClH/c1-17(12-18,14-7-8-14)20-16(22)9-13-10-19-21(11-13)15-5-3-2-4-6-15;/h2-6,10-11,14H,7-9,12,18H2,1H3,(H,20,22);1H. The van der Waals surface area contributed by atoms with E-state index in [1.54, 1.807) is 10.9 Å². The van der Waals surface area contributed by atoms with E-state index in [9.17, 15) is 4.79 Å². The number of rotatable bonds is 6. The van der Waals surface area contributed by atoms with Crippen LogP contribution in [0.1, 0.15) is 25.3 Å². The van der Waals surface area contributed by atoms with Crippen molar-refractivity contribution in [3.05, 3.63) is 48.3 Å². The van der Waals surface area contributed by atoms with Crippen molar-refractivity contribution in [2.24, 2.45) is 11.7 Å². The van der Waals surface area contributed by atoms with Gasteiger partial charge in [-0.2, -0.15) is 5.10 Å². The number of aromatic nitrogens is 2. The topological polar surface area (TPSA) is 72.9 Å². The fourth-order valence-electron chi connectivity index (χ4n) is 2.76. The minimum Gasteiger partial charge on any atom is -0.349 e. The highest BCUT2D eigenvalue weighted by Crippen LogP contribution is 2.38. The Bertz CT molecular complexity index is 654. The van der Waals surface area contributed by atoms with Crippen molar-refractivity contribution in [3.8, 4) is 5.69 Å². The SMILES string of the molecule is CC(CN)(NC(=O)Cc1cnn(-c2ccccc2)c1)C1CC1.Cl. The molecule has 124 valence electrons. The van der Waals surface area contributed by atoms with Gasteiger partial charge in [0.05, 0.1) is 23.8 Å². The molecule has 1 aromatic carbocycles. The number of halogens is 1. The zero-order valence-corrected chi connectivity index (χ0v) is 14.1. The van der Waals surface area contributed by atoms with Crippen LogP contribution >= 0.6 is 12.4 Å². The third kappa shape index (κ3) is 4.12. The molecule has 1 heterocycles. The molecule has 1 aliphatic rings. The molecule has 0 spiro atoms. The molecule has 1 atom stereocenters. The van der Waals surface area contributed by atoms with Gasteiger partial charge in [0, 0.05) is 12.7 Å². The van der Waals surface area contributed by atoms with Gasteiger partial charge in [0.1, 0.15) is 0 Å². The second-order valence-electron chi connectivity index (χ2n) is 6.25. The van der Waals surface area contributed by atoms with Gasteiger partial charge in [-0.05, 0) is 43.4 Å². The Morgan fingerprint density at radius 2 is 2.09 bits per heavy atom. The van der Waals surface area contributed by atoms with Crippen molar-refractivity contribution in [2.45, 2.75) is 31.7 Å². The summed E-state index contributed by atoms with van der Waals surface area (Å²) in [6, 6.07) is 9.86. The Kier molecular flexibility index (Phi) is 5.44. The van der Waals surface area contributed by atoms with E-state index in [-0.39, 0.29) is 23.9 Å². The first kappa shape index (κ1) is 17.5. The molecule has 2 aromatic rings. The van der Waals surface area contributed by atoms with Gasteiger partial charge in [0.25, 0.3) is 0 Å². The molecule has 5 nitrogen and oxygen atoms in total. The van der Waals surface area contributed by atoms with Crippen LogP contribution in [0, 0.1) is 5.92 Å². The van der Waals surface area contributed by atoms with Crippen LogP contribution in [-0.2, 0) is 11.2 Å². The van der Waals surface area contributed by atoms with E-state index in [2.05, 4.69) is 10.4 Å². The van der Waals surface area contributed by atoms with Gasteiger partial charge in [-0.15, -0.1) is 12.4 Å². The number of hydrogen-bond acceptors (Lipinski definition) is 3. The lowest BCUT2D eigenvalue weighted by molar-refractivity contribution is -0.122. The van der Waals surface area contributed by atoms with Crippen molar-refractivity contribution >= 4 is 18.3 Å². The lowest BCUT2D eigenvalue weighted by Gasteiger charge is -2.29. The van der Waals surface area contributed by atoms with Gasteiger partial charge >= 0.3 is 0 Å². The monoisotopic (exact) mass is 334 g/mol. The van der Waals surface area contributed by atoms with Crippen LogP contribution in [0.15, 0.2) is 42.7 Å². The van der Waals surface area contributed by atoms with Crippen LogP contribution in [0.2, 0.25) is 0 Å². The summed E-state index contributed by atoms with van der Waals surface area (Å²) < 4.78 is 1.78. The van der Waals surface area contributed by atoms with E-state index in [0.717, 1.165) is 24.1 Å². The fraction of sp³-hybridized carbons (Fsp3) is 0.412. The highest BCUT2D eigenvalue weighted by molar-refractivity contribution is 5.85. The molecule has 1 aromatic heterocycles. The number of nitrogens with zero attached hydrogens (tertiary/aromatic N) is 2. The molecule has 3 N–H and O–H groups in total. The molecule has 3 rings (SSSR count). The molecule has 0 bridgehead atoms. The largest absolute Gasteiger partial charge is 0.349 e. The number of nitrogens with one attached hydrogen (secondary N) is 1. The maximum Gasteiger partial charge on any atom is 0.225 e. The molecular formula is C17H23ClN4O. The zero-order chi connectivity index (χ0) is 15.6. The van der Waals surface area contributed by atoms with Gasteiger partial charge in [-0.25, -0.2) is 4.68 Å². The number of carbonyl (C=O) groups is 1. The second kappa shape index (κ2) is 7.15. The van der Waals surface area contributed by atoms with E-state index in [0.29, 0.717) is 18.9 Å². The van der Waals surface area contributed by atoms with Crippen LogP contribution in [0.3, 0.4) is 0 Å². The third-order valence-corrected chi connectivity index (χ3v) is 4.35. The lowest BCUT2D eigenvalue weighted by atomic mass is 9.95. The van der Waals surface area contributed by atoms with Crippen molar-refractivity contribution in [1.82, 2.24) is 15.1 Å². The van der Waals surface area contributed by atoms with Crippen LogP contribution in [0.5, 0.6) is 0 Å². The summed E-state index contributed by atoms with van der Waals surface area (Å²) >= 11 is 0. The Morgan fingerprint density at radius 3 is 2.70 bits per heavy atom. The summed E-state index contributed by atoms with van der Waals surface area (Å²) in [4.78, 5) is 12.3. The summed E-state index contributed by atoms with van der Waals surface area (Å²) in [6.45, 7) is 2.52. The van der Waals surface area contributed by atoms with Crippen LogP contribution in [0.4, 0.5) is 0 Å². The predicted molar refractivity (Wildman–Crippen MR) is 92.8 cm³/mol. The summed E-state index contributed by atoms with van der Waals surface area (Å²) in [6.07, 6.45) is 6.27. The van der Waals surface area contributed by atoms with Crippen LogP contribution in [0.25, 0.3) is 5.69 Å². The van der Waals surface area contributed by atoms with E-state index >= 15 is 0 Å².